The highest BCUT2D eigenvalue weighted by atomic mass is 16.7. The number of ether oxygens (including phenoxy) is 2. The molecule has 4 heteroatoms. The Morgan fingerprint density at radius 1 is 0.933 bits per heavy atom. The maximum absolute atomic E-state index is 9.55. The first-order valence-electron chi connectivity index (χ1n) is 10.4. The lowest BCUT2D eigenvalue weighted by Gasteiger charge is -2.39. The van der Waals surface area contributed by atoms with E-state index in [9.17, 15) is 5.11 Å². The van der Waals surface area contributed by atoms with Crippen molar-refractivity contribution in [2.75, 3.05) is 13.4 Å². The third kappa shape index (κ3) is 3.60. The molecule has 0 saturated carbocycles. The molecule has 1 unspecified atom stereocenters. The second-order valence-corrected chi connectivity index (χ2v) is 7.74. The van der Waals surface area contributed by atoms with Gasteiger partial charge in [-0.2, -0.15) is 0 Å². The molecule has 4 nitrogen and oxygen atoms in total. The van der Waals surface area contributed by atoms with Crippen LogP contribution in [0.4, 0.5) is 0 Å². The van der Waals surface area contributed by atoms with E-state index in [4.69, 9.17) is 9.47 Å². The summed E-state index contributed by atoms with van der Waals surface area (Å²) < 4.78 is 11.3. The second-order valence-electron chi connectivity index (χ2n) is 7.74. The third-order valence-corrected chi connectivity index (χ3v) is 5.78. The third-order valence-electron chi connectivity index (χ3n) is 5.78. The lowest BCUT2D eigenvalue weighted by Crippen LogP contribution is -2.33. The molecule has 0 aromatic heterocycles. The molecule has 30 heavy (non-hydrogen) atoms. The molecular weight excluding hydrogens is 374 g/mol. The van der Waals surface area contributed by atoms with Crippen LogP contribution in [-0.4, -0.2) is 23.4 Å². The van der Waals surface area contributed by atoms with Crippen molar-refractivity contribution in [3.63, 3.8) is 0 Å². The van der Waals surface area contributed by atoms with E-state index in [1.54, 1.807) is 0 Å². The zero-order chi connectivity index (χ0) is 20.3. The zero-order valence-electron chi connectivity index (χ0n) is 16.8. The summed E-state index contributed by atoms with van der Waals surface area (Å²) in [5.41, 5.74) is 6.16. The molecule has 0 spiro atoms. The standard InChI is InChI=1S/C26H25NO3/c28-13-7-12-22-23-15-25-24(29-18-30-25)14-21(23)17-27(16-19-8-3-1-4-9-19)26(22)20-10-5-2-6-11-20/h1-6,8-12,14-15,26,28H,7,13,16-18H2/b22-12+. The van der Waals surface area contributed by atoms with Crippen molar-refractivity contribution >= 4 is 5.57 Å². The maximum atomic E-state index is 9.55. The predicted molar refractivity (Wildman–Crippen MR) is 117 cm³/mol. The molecule has 5 rings (SSSR count). The first-order chi connectivity index (χ1) is 14.8. The first-order valence-corrected chi connectivity index (χ1v) is 10.4. The molecule has 0 amide bonds. The van der Waals surface area contributed by atoms with Crippen LogP contribution in [0.2, 0.25) is 0 Å². The van der Waals surface area contributed by atoms with Crippen LogP contribution >= 0.6 is 0 Å². The molecule has 2 aliphatic rings. The number of nitrogens with zero attached hydrogens (tertiary/aromatic N) is 1. The molecule has 0 aliphatic carbocycles. The largest absolute Gasteiger partial charge is 0.454 e. The van der Waals surface area contributed by atoms with Crippen LogP contribution in [0, 0.1) is 0 Å². The van der Waals surface area contributed by atoms with Crippen molar-refractivity contribution in [2.45, 2.75) is 25.6 Å². The molecule has 152 valence electrons. The number of aliphatic hydroxyl groups is 1. The highest BCUT2D eigenvalue weighted by Crippen LogP contribution is 2.47. The summed E-state index contributed by atoms with van der Waals surface area (Å²) in [4.78, 5) is 2.50. The minimum atomic E-state index is 0.103. The zero-order valence-corrected chi connectivity index (χ0v) is 16.8. The van der Waals surface area contributed by atoms with Crippen molar-refractivity contribution in [3.8, 4) is 11.5 Å². The van der Waals surface area contributed by atoms with E-state index in [0.29, 0.717) is 6.42 Å². The quantitative estimate of drug-likeness (QED) is 0.660. The van der Waals surface area contributed by atoms with Gasteiger partial charge in [0.25, 0.3) is 0 Å². The van der Waals surface area contributed by atoms with Crippen LogP contribution in [0.25, 0.3) is 5.57 Å². The van der Waals surface area contributed by atoms with E-state index in [0.717, 1.165) is 24.6 Å². The molecule has 0 fully saturated rings. The lowest BCUT2D eigenvalue weighted by molar-refractivity contribution is 0.174. The molecule has 3 aromatic carbocycles. The fourth-order valence-electron chi connectivity index (χ4n) is 4.47. The van der Waals surface area contributed by atoms with E-state index in [-0.39, 0.29) is 19.4 Å². The molecule has 1 N–H and O–H groups in total. The Bertz CT molecular complexity index is 1050. The van der Waals surface area contributed by atoms with Gasteiger partial charge in [-0.1, -0.05) is 66.7 Å². The minimum Gasteiger partial charge on any atom is -0.454 e. The van der Waals surface area contributed by atoms with Crippen molar-refractivity contribution in [2.24, 2.45) is 0 Å². The smallest absolute Gasteiger partial charge is 0.231 e. The van der Waals surface area contributed by atoms with Gasteiger partial charge in [0.15, 0.2) is 11.5 Å². The molecule has 0 saturated heterocycles. The monoisotopic (exact) mass is 399 g/mol. The Morgan fingerprint density at radius 3 is 2.37 bits per heavy atom. The molecule has 2 heterocycles. The summed E-state index contributed by atoms with van der Waals surface area (Å²) in [7, 11) is 0. The van der Waals surface area contributed by atoms with Crippen molar-refractivity contribution < 1.29 is 14.6 Å². The Kier molecular flexibility index (Phi) is 5.26. The molecular formula is C26H25NO3. The fourth-order valence-corrected chi connectivity index (χ4v) is 4.47. The summed E-state index contributed by atoms with van der Waals surface area (Å²) in [6, 6.07) is 25.5. The highest BCUT2D eigenvalue weighted by molar-refractivity contribution is 5.77. The van der Waals surface area contributed by atoms with Gasteiger partial charge in [-0.25, -0.2) is 0 Å². The normalized spacial score (nSPS) is 19.1. The summed E-state index contributed by atoms with van der Waals surface area (Å²) >= 11 is 0. The predicted octanol–water partition coefficient (Wildman–Crippen LogP) is 4.94. The molecule has 0 bridgehead atoms. The van der Waals surface area contributed by atoms with Crippen LogP contribution in [0.1, 0.15) is 34.7 Å². The number of benzene rings is 3. The Hall–Kier alpha value is -3.08. The summed E-state index contributed by atoms with van der Waals surface area (Å²) in [6.07, 6.45) is 2.79. The highest BCUT2D eigenvalue weighted by Gasteiger charge is 2.33. The van der Waals surface area contributed by atoms with Crippen molar-refractivity contribution in [1.29, 1.82) is 0 Å². The second kappa shape index (κ2) is 8.34. The Balaban J connectivity index is 1.64. The average Bonchev–Trinajstić information content (AvgIpc) is 3.24. The van der Waals surface area contributed by atoms with Crippen LogP contribution in [0.5, 0.6) is 11.5 Å². The van der Waals surface area contributed by atoms with Gasteiger partial charge in [-0.3, -0.25) is 4.90 Å². The van der Waals surface area contributed by atoms with Crippen LogP contribution < -0.4 is 9.47 Å². The fraction of sp³-hybridized carbons (Fsp3) is 0.231. The average molecular weight is 399 g/mol. The Morgan fingerprint density at radius 2 is 1.63 bits per heavy atom. The number of fused-ring (bicyclic) bond motifs is 2. The van der Waals surface area contributed by atoms with Crippen molar-refractivity contribution in [3.05, 3.63) is 101 Å². The van der Waals surface area contributed by atoms with Gasteiger partial charge < -0.3 is 14.6 Å². The van der Waals surface area contributed by atoms with Gasteiger partial charge in [0, 0.05) is 19.7 Å². The molecule has 3 aromatic rings. The molecule has 1 atom stereocenters. The maximum Gasteiger partial charge on any atom is 0.231 e. The van der Waals surface area contributed by atoms with E-state index < -0.39 is 0 Å². The van der Waals surface area contributed by atoms with Crippen LogP contribution in [0.3, 0.4) is 0 Å². The van der Waals surface area contributed by atoms with Gasteiger partial charge in [0.1, 0.15) is 0 Å². The number of rotatable bonds is 5. The van der Waals surface area contributed by atoms with Gasteiger partial charge in [-0.15, -0.1) is 0 Å². The topological polar surface area (TPSA) is 41.9 Å². The van der Waals surface area contributed by atoms with Crippen LogP contribution in [-0.2, 0) is 13.1 Å². The minimum absolute atomic E-state index is 0.103. The van der Waals surface area contributed by atoms with E-state index in [1.165, 1.54) is 27.8 Å². The van der Waals surface area contributed by atoms with E-state index in [1.807, 2.05) is 0 Å². The van der Waals surface area contributed by atoms with Gasteiger partial charge in [-0.05, 0) is 46.4 Å². The molecule has 0 radical (unpaired) electrons. The summed E-state index contributed by atoms with van der Waals surface area (Å²) in [6.45, 7) is 2.05. The van der Waals surface area contributed by atoms with Crippen LogP contribution in [0.15, 0.2) is 78.9 Å². The van der Waals surface area contributed by atoms with E-state index in [2.05, 4.69) is 83.8 Å². The number of aliphatic hydroxyl groups excluding tert-OH is 1. The molecule has 2 aliphatic heterocycles. The Labute approximate surface area is 177 Å². The lowest BCUT2D eigenvalue weighted by atomic mass is 9.83. The first kappa shape index (κ1) is 18.9. The number of hydrogen-bond acceptors (Lipinski definition) is 4. The van der Waals surface area contributed by atoms with E-state index >= 15 is 0 Å². The van der Waals surface area contributed by atoms with Gasteiger partial charge >= 0.3 is 0 Å². The van der Waals surface area contributed by atoms with Gasteiger partial charge in [0.05, 0.1) is 6.04 Å². The number of hydrogen-bond donors (Lipinski definition) is 1. The summed E-state index contributed by atoms with van der Waals surface area (Å²) in [5.74, 6) is 1.61. The van der Waals surface area contributed by atoms with Crippen molar-refractivity contribution in [1.82, 2.24) is 4.90 Å². The van der Waals surface area contributed by atoms with Gasteiger partial charge in [0.2, 0.25) is 6.79 Å². The summed E-state index contributed by atoms with van der Waals surface area (Å²) in [5, 5.41) is 9.55. The SMILES string of the molecule is OCC/C=C1\c2cc3c(cc2CN(Cc2ccccc2)C1c1ccccc1)OCO3.